The fourth-order valence-corrected chi connectivity index (χ4v) is 3.80. The molecule has 2 rings (SSSR count). The molecule has 2 aliphatic carbocycles. The average Bonchev–Trinajstić information content (AvgIpc) is 3.28. The molecule has 1 saturated carbocycles. The van der Waals surface area contributed by atoms with Gasteiger partial charge in [-0.25, -0.2) is 0 Å². The van der Waals surface area contributed by atoms with E-state index in [0.717, 1.165) is 18.6 Å². The van der Waals surface area contributed by atoms with Crippen LogP contribution in [-0.2, 0) is 9.53 Å². The van der Waals surface area contributed by atoms with Gasteiger partial charge in [0.2, 0.25) is 0 Å². The third-order valence-corrected chi connectivity index (χ3v) is 5.50. The fraction of sp³-hybridized carbons (Fsp3) is 0.625. The number of thiol groups is 1. The zero-order valence-corrected chi connectivity index (χ0v) is 14.1. The van der Waals surface area contributed by atoms with E-state index in [2.05, 4.69) is 12.6 Å². The van der Waals surface area contributed by atoms with E-state index in [4.69, 9.17) is 21.7 Å². The van der Waals surface area contributed by atoms with Crippen molar-refractivity contribution in [1.29, 1.82) is 5.41 Å². The number of aliphatic hydroxyl groups excluding tert-OH is 1. The summed E-state index contributed by atoms with van der Waals surface area (Å²) in [7, 11) is 0. The lowest BCUT2D eigenvalue weighted by Gasteiger charge is -2.31. The molecule has 0 radical (unpaired) electrons. The Morgan fingerprint density at radius 2 is 2.23 bits per heavy atom. The number of halogens is 1. The molecule has 0 aliphatic heterocycles. The minimum Gasteiger partial charge on any atom is -0.512 e. The fourth-order valence-electron chi connectivity index (χ4n) is 3.15. The van der Waals surface area contributed by atoms with Gasteiger partial charge < -0.3 is 15.3 Å². The molecular weight excluding hydrogens is 322 g/mol. The van der Waals surface area contributed by atoms with Crippen molar-refractivity contribution in [3.05, 3.63) is 22.9 Å². The van der Waals surface area contributed by atoms with Crippen molar-refractivity contribution in [2.45, 2.75) is 38.2 Å². The number of allylic oxidation sites excluding steroid dienone is 1. The van der Waals surface area contributed by atoms with Gasteiger partial charge in [0.25, 0.3) is 0 Å². The van der Waals surface area contributed by atoms with Crippen LogP contribution in [0.15, 0.2) is 22.9 Å². The summed E-state index contributed by atoms with van der Waals surface area (Å²) in [4.78, 5) is 12.5. The molecule has 0 heterocycles. The van der Waals surface area contributed by atoms with Gasteiger partial charge in [-0.1, -0.05) is 11.6 Å². The molecule has 2 N–H and O–H groups in total. The quantitative estimate of drug-likeness (QED) is 0.465. The summed E-state index contributed by atoms with van der Waals surface area (Å²) < 4.78 is 5.59. The highest BCUT2D eigenvalue weighted by Gasteiger charge is 2.50. The highest BCUT2D eigenvalue weighted by Crippen LogP contribution is 2.57. The van der Waals surface area contributed by atoms with Crippen molar-refractivity contribution < 1.29 is 14.6 Å². The molecule has 1 fully saturated rings. The first-order valence-corrected chi connectivity index (χ1v) is 8.56. The molecule has 0 spiro atoms. The Bertz CT molecular complexity index is 500. The van der Waals surface area contributed by atoms with Crippen LogP contribution in [0.3, 0.4) is 0 Å². The zero-order chi connectivity index (χ0) is 16.2. The highest BCUT2D eigenvalue weighted by molar-refractivity contribution is 7.80. The molecular formula is C16H22ClNO3S. The van der Waals surface area contributed by atoms with Gasteiger partial charge in [0.1, 0.15) is 5.76 Å². The van der Waals surface area contributed by atoms with Crippen LogP contribution >= 0.6 is 24.2 Å². The third-order valence-electron chi connectivity index (χ3n) is 4.69. The SMILES string of the molecule is N=CCC(OCC=CCl)C1=C(O)CC(C2(CS)CC2)CC1=O. The van der Waals surface area contributed by atoms with Crippen LogP contribution in [0.5, 0.6) is 0 Å². The lowest BCUT2D eigenvalue weighted by molar-refractivity contribution is -0.119. The lowest BCUT2D eigenvalue weighted by Crippen LogP contribution is -2.33. The maximum absolute atomic E-state index is 12.5. The highest BCUT2D eigenvalue weighted by atomic mass is 35.5. The molecule has 0 bridgehead atoms. The number of ketones is 1. The lowest BCUT2D eigenvalue weighted by atomic mass is 9.76. The Balaban J connectivity index is 2.14. The summed E-state index contributed by atoms with van der Waals surface area (Å²) in [6.45, 7) is 0.246. The van der Waals surface area contributed by atoms with Gasteiger partial charge in [-0.05, 0) is 42.2 Å². The van der Waals surface area contributed by atoms with E-state index in [9.17, 15) is 9.90 Å². The topological polar surface area (TPSA) is 70.4 Å². The summed E-state index contributed by atoms with van der Waals surface area (Å²) in [5.74, 6) is 0.984. The van der Waals surface area contributed by atoms with E-state index >= 15 is 0 Å². The Morgan fingerprint density at radius 1 is 1.50 bits per heavy atom. The largest absolute Gasteiger partial charge is 0.512 e. The first kappa shape index (κ1) is 17.6. The molecule has 0 aromatic heterocycles. The summed E-state index contributed by atoms with van der Waals surface area (Å²) in [5.41, 5.74) is 1.80. The summed E-state index contributed by atoms with van der Waals surface area (Å²) in [6, 6.07) is 0. The summed E-state index contributed by atoms with van der Waals surface area (Å²) >= 11 is 9.86. The Hall–Kier alpha value is -0.780. The molecule has 0 amide bonds. The van der Waals surface area contributed by atoms with Crippen LogP contribution in [0.4, 0.5) is 0 Å². The van der Waals surface area contributed by atoms with Crippen molar-refractivity contribution in [3.63, 3.8) is 0 Å². The molecule has 0 saturated heterocycles. The first-order chi connectivity index (χ1) is 10.6. The second-order valence-electron chi connectivity index (χ2n) is 6.03. The van der Waals surface area contributed by atoms with E-state index in [1.165, 1.54) is 11.7 Å². The second kappa shape index (κ2) is 7.66. The Labute approximate surface area is 141 Å². The molecule has 22 heavy (non-hydrogen) atoms. The van der Waals surface area contributed by atoms with Crippen molar-refractivity contribution in [3.8, 4) is 0 Å². The first-order valence-electron chi connectivity index (χ1n) is 7.49. The molecule has 0 aromatic rings. The van der Waals surface area contributed by atoms with Crippen LogP contribution in [-0.4, -0.2) is 35.6 Å². The molecule has 4 nitrogen and oxygen atoms in total. The number of hydrogen-bond acceptors (Lipinski definition) is 5. The minimum absolute atomic E-state index is 0.0662. The molecule has 2 atom stereocenters. The van der Waals surface area contributed by atoms with Crippen molar-refractivity contribution in [1.82, 2.24) is 0 Å². The normalized spacial score (nSPS) is 25.5. The predicted octanol–water partition coefficient (Wildman–Crippen LogP) is 3.66. The van der Waals surface area contributed by atoms with Crippen LogP contribution < -0.4 is 0 Å². The summed E-state index contributed by atoms with van der Waals surface area (Å²) in [6.07, 6.45) is 5.61. The minimum atomic E-state index is -0.579. The Morgan fingerprint density at radius 3 is 2.73 bits per heavy atom. The maximum Gasteiger partial charge on any atom is 0.165 e. The number of rotatable bonds is 8. The van der Waals surface area contributed by atoms with Gasteiger partial charge in [-0.2, -0.15) is 12.6 Å². The van der Waals surface area contributed by atoms with Gasteiger partial charge >= 0.3 is 0 Å². The zero-order valence-electron chi connectivity index (χ0n) is 12.4. The molecule has 0 aromatic carbocycles. The van der Waals surface area contributed by atoms with Crippen LogP contribution in [0.2, 0.25) is 0 Å². The predicted molar refractivity (Wildman–Crippen MR) is 91.0 cm³/mol. The van der Waals surface area contributed by atoms with Crippen LogP contribution in [0.1, 0.15) is 32.1 Å². The maximum atomic E-state index is 12.5. The smallest absolute Gasteiger partial charge is 0.165 e. The number of carbonyl (C=O) groups excluding carboxylic acids is 1. The molecule has 6 heteroatoms. The Kier molecular flexibility index (Phi) is 6.12. The van der Waals surface area contributed by atoms with E-state index in [1.54, 1.807) is 6.08 Å². The van der Waals surface area contributed by atoms with Gasteiger partial charge in [0.15, 0.2) is 5.78 Å². The number of hydrogen-bond donors (Lipinski definition) is 3. The van der Waals surface area contributed by atoms with Crippen LogP contribution in [0, 0.1) is 16.7 Å². The van der Waals surface area contributed by atoms with E-state index in [0.29, 0.717) is 18.4 Å². The van der Waals surface area contributed by atoms with E-state index in [1.807, 2.05) is 0 Å². The van der Waals surface area contributed by atoms with E-state index < -0.39 is 6.10 Å². The average molecular weight is 344 g/mol. The summed E-state index contributed by atoms with van der Waals surface area (Å²) in [5, 5.41) is 17.7. The monoisotopic (exact) mass is 343 g/mol. The van der Waals surface area contributed by atoms with Gasteiger partial charge in [0.05, 0.1) is 18.3 Å². The van der Waals surface area contributed by atoms with Crippen LogP contribution in [0.25, 0.3) is 0 Å². The number of carbonyl (C=O) groups is 1. The van der Waals surface area contributed by atoms with Crippen molar-refractivity contribution in [2.75, 3.05) is 12.4 Å². The van der Waals surface area contributed by atoms with Gasteiger partial charge in [-0.15, -0.1) is 0 Å². The van der Waals surface area contributed by atoms with E-state index in [-0.39, 0.29) is 35.9 Å². The number of Topliss-reactive ketones (excluding diaryl/α,β-unsaturated/α-hetero) is 1. The molecule has 2 aliphatic rings. The number of ether oxygens (including phenoxy) is 1. The standard InChI is InChI=1S/C16H22ClNO3S/c17-5-1-7-21-14(2-6-18)15-12(19)8-11(9-13(15)20)16(10-22)3-4-16/h1,5-6,11,14,18-19,22H,2-4,7-10H2. The van der Waals surface area contributed by atoms with Crippen molar-refractivity contribution in [2.24, 2.45) is 11.3 Å². The number of aliphatic hydroxyl groups is 1. The van der Waals surface area contributed by atoms with Crippen molar-refractivity contribution >= 4 is 36.2 Å². The molecule has 122 valence electrons. The molecule has 2 unspecified atom stereocenters. The third kappa shape index (κ3) is 3.76. The number of nitrogens with one attached hydrogen (secondary N) is 1. The van der Waals surface area contributed by atoms with Gasteiger partial charge in [0, 0.05) is 24.8 Å². The second-order valence-corrected chi connectivity index (χ2v) is 6.60. The van der Waals surface area contributed by atoms with Gasteiger partial charge in [-0.3, -0.25) is 4.79 Å².